The molecule has 1 N–H and O–H groups in total. The van der Waals surface area contributed by atoms with Gasteiger partial charge in [-0.05, 0) is 12.1 Å². The predicted octanol–water partition coefficient (Wildman–Crippen LogP) is 0.931. The third-order valence-corrected chi connectivity index (χ3v) is 4.13. The van der Waals surface area contributed by atoms with Crippen LogP contribution in [0.1, 0.15) is 18.4 Å². The lowest BCUT2D eigenvalue weighted by Crippen LogP contribution is -2.61. The lowest BCUT2D eigenvalue weighted by atomic mass is 10.1. The van der Waals surface area contributed by atoms with E-state index in [0.717, 1.165) is 30.5 Å². The molecule has 2 fully saturated rings. The minimum atomic E-state index is 0.794. The second kappa shape index (κ2) is 5.43. The molecule has 0 aliphatic carbocycles. The van der Waals surface area contributed by atoms with Gasteiger partial charge in [-0.15, -0.1) is 0 Å². The van der Waals surface area contributed by atoms with Crippen LogP contribution < -0.4 is 5.32 Å². The molecule has 0 atom stereocenters. The van der Waals surface area contributed by atoms with Gasteiger partial charge in [-0.1, -0.05) is 6.92 Å². The zero-order valence-corrected chi connectivity index (χ0v) is 11.2. The Balaban J connectivity index is 1.47. The van der Waals surface area contributed by atoms with Crippen molar-refractivity contribution >= 4 is 0 Å². The number of rotatable bonds is 4. The van der Waals surface area contributed by atoms with E-state index in [0.29, 0.717) is 0 Å². The Labute approximate surface area is 109 Å². The summed E-state index contributed by atoms with van der Waals surface area (Å²) in [6.45, 7) is 10.2. The SMILES string of the molecule is CCc1ccc(CN2CCN(C3CNC3)CC2)o1. The Morgan fingerprint density at radius 2 is 1.89 bits per heavy atom. The predicted molar refractivity (Wildman–Crippen MR) is 71.6 cm³/mol. The summed E-state index contributed by atoms with van der Waals surface area (Å²) < 4.78 is 5.78. The van der Waals surface area contributed by atoms with Crippen molar-refractivity contribution < 1.29 is 4.42 Å². The van der Waals surface area contributed by atoms with Crippen LogP contribution in [0.4, 0.5) is 0 Å². The van der Waals surface area contributed by atoms with Gasteiger partial charge in [0.1, 0.15) is 11.5 Å². The van der Waals surface area contributed by atoms with Gasteiger partial charge in [0.15, 0.2) is 0 Å². The van der Waals surface area contributed by atoms with Crippen molar-refractivity contribution in [2.45, 2.75) is 25.9 Å². The molecule has 2 aliphatic heterocycles. The molecule has 2 saturated heterocycles. The molecule has 4 nitrogen and oxygen atoms in total. The molecule has 4 heteroatoms. The maximum Gasteiger partial charge on any atom is 0.118 e. The summed E-state index contributed by atoms with van der Waals surface area (Å²) in [7, 11) is 0. The van der Waals surface area contributed by atoms with Crippen LogP contribution in [-0.4, -0.2) is 55.1 Å². The topological polar surface area (TPSA) is 31.6 Å². The standard InChI is InChI=1S/C14H23N3O/c1-2-13-3-4-14(18-13)11-16-5-7-17(8-6-16)12-9-15-10-12/h3-4,12,15H,2,5-11H2,1H3. The van der Waals surface area contributed by atoms with E-state index < -0.39 is 0 Å². The van der Waals surface area contributed by atoms with Crippen molar-refractivity contribution in [1.82, 2.24) is 15.1 Å². The summed E-state index contributed by atoms with van der Waals surface area (Å²) in [6, 6.07) is 5.02. The lowest BCUT2D eigenvalue weighted by molar-refractivity contribution is 0.0663. The van der Waals surface area contributed by atoms with Crippen molar-refractivity contribution in [3.8, 4) is 0 Å². The van der Waals surface area contributed by atoms with E-state index in [9.17, 15) is 0 Å². The first kappa shape index (κ1) is 12.2. The molecule has 0 radical (unpaired) electrons. The van der Waals surface area contributed by atoms with Crippen LogP contribution in [0.2, 0.25) is 0 Å². The quantitative estimate of drug-likeness (QED) is 0.860. The summed E-state index contributed by atoms with van der Waals surface area (Å²) in [6.07, 6.45) is 0.989. The highest BCUT2D eigenvalue weighted by molar-refractivity contribution is 5.07. The normalized spacial score (nSPS) is 23.2. The Kier molecular flexibility index (Phi) is 3.68. The smallest absolute Gasteiger partial charge is 0.118 e. The molecule has 0 bridgehead atoms. The fourth-order valence-electron chi connectivity index (χ4n) is 2.74. The van der Waals surface area contributed by atoms with Crippen molar-refractivity contribution in [3.63, 3.8) is 0 Å². The summed E-state index contributed by atoms with van der Waals surface area (Å²) >= 11 is 0. The van der Waals surface area contributed by atoms with Crippen LogP contribution in [0.25, 0.3) is 0 Å². The van der Waals surface area contributed by atoms with Gasteiger partial charge in [-0.25, -0.2) is 0 Å². The molecule has 1 aromatic rings. The Hall–Kier alpha value is -0.840. The molecule has 0 amide bonds. The average Bonchev–Trinajstić information content (AvgIpc) is 2.77. The Morgan fingerprint density at radius 1 is 1.17 bits per heavy atom. The molecule has 18 heavy (non-hydrogen) atoms. The number of hydrogen-bond donors (Lipinski definition) is 1. The molecule has 2 aliphatic rings. The van der Waals surface area contributed by atoms with Crippen molar-refractivity contribution in [3.05, 3.63) is 23.7 Å². The monoisotopic (exact) mass is 249 g/mol. The summed E-state index contributed by atoms with van der Waals surface area (Å²) in [4.78, 5) is 5.12. The van der Waals surface area contributed by atoms with E-state index in [-0.39, 0.29) is 0 Å². The van der Waals surface area contributed by atoms with Gasteiger partial charge in [0.25, 0.3) is 0 Å². The third-order valence-electron chi connectivity index (χ3n) is 4.13. The fraction of sp³-hybridized carbons (Fsp3) is 0.714. The molecule has 3 rings (SSSR count). The first-order chi connectivity index (χ1) is 8.85. The van der Waals surface area contributed by atoms with Gasteiger partial charge in [0.05, 0.1) is 6.54 Å². The third kappa shape index (κ3) is 2.60. The minimum absolute atomic E-state index is 0.794. The highest BCUT2D eigenvalue weighted by atomic mass is 16.3. The summed E-state index contributed by atoms with van der Waals surface area (Å²) in [5, 5.41) is 3.35. The van der Waals surface area contributed by atoms with Gasteiger partial charge in [-0.2, -0.15) is 0 Å². The largest absolute Gasteiger partial charge is 0.465 e. The fourth-order valence-corrected chi connectivity index (χ4v) is 2.74. The van der Waals surface area contributed by atoms with Crippen molar-refractivity contribution in [1.29, 1.82) is 0 Å². The van der Waals surface area contributed by atoms with Crippen LogP contribution in [-0.2, 0) is 13.0 Å². The average molecular weight is 249 g/mol. The van der Waals surface area contributed by atoms with Crippen LogP contribution in [0.5, 0.6) is 0 Å². The second-order valence-electron chi connectivity index (χ2n) is 5.35. The first-order valence-corrected chi connectivity index (χ1v) is 7.10. The molecule has 0 spiro atoms. The van der Waals surface area contributed by atoms with Gasteiger partial charge in [0.2, 0.25) is 0 Å². The molecular weight excluding hydrogens is 226 g/mol. The highest BCUT2D eigenvalue weighted by Crippen LogP contribution is 2.14. The van der Waals surface area contributed by atoms with Crippen molar-refractivity contribution in [2.75, 3.05) is 39.3 Å². The number of furan rings is 1. The number of hydrogen-bond acceptors (Lipinski definition) is 4. The van der Waals surface area contributed by atoms with Gasteiger partial charge < -0.3 is 9.73 Å². The van der Waals surface area contributed by atoms with E-state index in [1.165, 1.54) is 39.3 Å². The lowest BCUT2D eigenvalue weighted by Gasteiger charge is -2.43. The van der Waals surface area contributed by atoms with Gasteiger partial charge >= 0.3 is 0 Å². The maximum atomic E-state index is 5.78. The van der Waals surface area contributed by atoms with Crippen LogP contribution in [0.15, 0.2) is 16.5 Å². The Morgan fingerprint density at radius 3 is 2.44 bits per heavy atom. The number of aryl methyl sites for hydroxylation is 1. The van der Waals surface area contributed by atoms with Crippen LogP contribution in [0, 0.1) is 0 Å². The van der Waals surface area contributed by atoms with E-state index in [1.54, 1.807) is 0 Å². The number of nitrogens with zero attached hydrogens (tertiary/aromatic N) is 2. The highest BCUT2D eigenvalue weighted by Gasteiger charge is 2.27. The summed E-state index contributed by atoms with van der Waals surface area (Å²) in [5.74, 6) is 2.22. The molecule has 1 aromatic heterocycles. The zero-order chi connectivity index (χ0) is 12.4. The van der Waals surface area contributed by atoms with Gasteiger partial charge in [0, 0.05) is 51.7 Å². The van der Waals surface area contributed by atoms with E-state index >= 15 is 0 Å². The first-order valence-electron chi connectivity index (χ1n) is 7.10. The Bertz CT molecular complexity index is 378. The van der Waals surface area contributed by atoms with E-state index in [2.05, 4.69) is 34.2 Å². The zero-order valence-electron chi connectivity index (χ0n) is 11.2. The van der Waals surface area contributed by atoms with Crippen molar-refractivity contribution in [2.24, 2.45) is 0 Å². The molecular formula is C14H23N3O. The minimum Gasteiger partial charge on any atom is -0.465 e. The second-order valence-corrected chi connectivity index (χ2v) is 5.35. The van der Waals surface area contributed by atoms with Crippen LogP contribution >= 0.6 is 0 Å². The van der Waals surface area contributed by atoms with E-state index in [1.807, 2.05) is 0 Å². The maximum absolute atomic E-state index is 5.78. The summed E-state index contributed by atoms with van der Waals surface area (Å²) in [5.41, 5.74) is 0. The van der Waals surface area contributed by atoms with Crippen LogP contribution in [0.3, 0.4) is 0 Å². The van der Waals surface area contributed by atoms with E-state index in [4.69, 9.17) is 4.42 Å². The van der Waals surface area contributed by atoms with Gasteiger partial charge in [-0.3, -0.25) is 9.80 Å². The molecule has 0 unspecified atom stereocenters. The molecule has 3 heterocycles. The molecule has 100 valence electrons. The molecule has 0 aromatic carbocycles. The number of nitrogens with one attached hydrogen (secondary N) is 1. The number of piperazine rings is 1. The molecule has 0 saturated carbocycles.